The topological polar surface area (TPSA) is 75.9 Å². The van der Waals surface area contributed by atoms with Crippen molar-refractivity contribution in [2.24, 2.45) is 7.05 Å². The molecule has 1 aliphatic carbocycles. The Hall–Kier alpha value is -2.44. The van der Waals surface area contributed by atoms with E-state index in [4.69, 9.17) is 0 Å². The van der Waals surface area contributed by atoms with Crippen LogP contribution in [0.1, 0.15) is 42.1 Å². The molecule has 2 aromatic heterocycles. The average molecular weight is 328 g/mol. The number of hydrogen-bond donors (Lipinski definition) is 1. The number of rotatable bonds is 5. The lowest BCUT2D eigenvalue weighted by Gasteiger charge is -2.26. The number of carbonyl (C=O) groups excluding carboxylic acids is 1. The first-order valence-corrected chi connectivity index (χ1v) is 8.33. The number of nitrogens with zero attached hydrogens (tertiary/aromatic N) is 5. The van der Waals surface area contributed by atoms with E-state index in [1.807, 2.05) is 38.4 Å². The van der Waals surface area contributed by atoms with Crippen LogP contribution in [0.5, 0.6) is 0 Å². The molecular formula is C17H24N6O. The van der Waals surface area contributed by atoms with Gasteiger partial charge in [-0.2, -0.15) is 5.10 Å². The number of aryl methyl sites for hydroxylation is 3. The molecule has 1 N–H and O–H groups in total. The van der Waals surface area contributed by atoms with Crippen molar-refractivity contribution in [2.45, 2.75) is 38.1 Å². The predicted molar refractivity (Wildman–Crippen MR) is 91.7 cm³/mol. The quantitative estimate of drug-likeness (QED) is 0.898. The summed E-state index contributed by atoms with van der Waals surface area (Å²) in [4.78, 5) is 23.2. The zero-order valence-corrected chi connectivity index (χ0v) is 14.5. The predicted octanol–water partition coefficient (Wildman–Crippen LogP) is 1.40. The summed E-state index contributed by atoms with van der Waals surface area (Å²) in [5.74, 6) is 0.783. The van der Waals surface area contributed by atoms with Gasteiger partial charge in [-0.1, -0.05) is 0 Å². The molecular weight excluding hydrogens is 304 g/mol. The molecule has 3 rings (SSSR count). The van der Waals surface area contributed by atoms with Crippen molar-refractivity contribution in [2.75, 3.05) is 19.0 Å². The van der Waals surface area contributed by atoms with Crippen molar-refractivity contribution in [3.63, 3.8) is 0 Å². The number of carbonyl (C=O) groups is 1. The van der Waals surface area contributed by atoms with Crippen LogP contribution in [0.3, 0.4) is 0 Å². The average Bonchev–Trinajstić information content (AvgIpc) is 2.98. The third-order valence-electron chi connectivity index (χ3n) is 4.30. The van der Waals surface area contributed by atoms with Crippen LogP contribution in [0.25, 0.3) is 0 Å². The molecule has 1 atom stereocenters. The molecule has 7 heteroatoms. The lowest BCUT2D eigenvalue weighted by Crippen LogP contribution is -2.32. The highest BCUT2D eigenvalue weighted by Gasteiger charge is 2.24. The van der Waals surface area contributed by atoms with Crippen LogP contribution < -0.4 is 10.2 Å². The van der Waals surface area contributed by atoms with Gasteiger partial charge in [0.2, 0.25) is 11.9 Å². The van der Waals surface area contributed by atoms with Gasteiger partial charge >= 0.3 is 0 Å². The number of anilines is 1. The van der Waals surface area contributed by atoms with Crippen LogP contribution in [0.4, 0.5) is 5.95 Å². The Morgan fingerprint density at radius 3 is 2.96 bits per heavy atom. The first-order valence-electron chi connectivity index (χ1n) is 8.33. The molecule has 1 aliphatic rings. The Kier molecular flexibility index (Phi) is 4.78. The minimum Gasteiger partial charge on any atom is -0.349 e. The summed E-state index contributed by atoms with van der Waals surface area (Å²) >= 11 is 0. The Morgan fingerprint density at radius 1 is 1.42 bits per heavy atom. The number of hydrogen-bond acceptors (Lipinski definition) is 5. The van der Waals surface area contributed by atoms with Crippen molar-refractivity contribution >= 4 is 11.9 Å². The molecule has 128 valence electrons. The summed E-state index contributed by atoms with van der Waals surface area (Å²) < 4.78 is 1.75. The first kappa shape index (κ1) is 16.4. The second-order valence-corrected chi connectivity index (χ2v) is 6.50. The molecule has 7 nitrogen and oxygen atoms in total. The van der Waals surface area contributed by atoms with E-state index in [9.17, 15) is 4.79 Å². The highest BCUT2D eigenvalue weighted by Crippen LogP contribution is 2.29. The Morgan fingerprint density at radius 2 is 2.25 bits per heavy atom. The third-order valence-corrected chi connectivity index (χ3v) is 4.30. The number of fused-ring (bicyclic) bond motifs is 1. The molecule has 0 bridgehead atoms. The van der Waals surface area contributed by atoms with Gasteiger partial charge in [0.1, 0.15) is 0 Å². The second-order valence-electron chi connectivity index (χ2n) is 6.50. The molecule has 0 aromatic carbocycles. The van der Waals surface area contributed by atoms with Gasteiger partial charge < -0.3 is 10.2 Å². The first-order chi connectivity index (χ1) is 11.5. The monoisotopic (exact) mass is 328 g/mol. The summed E-state index contributed by atoms with van der Waals surface area (Å²) in [7, 11) is 5.75. The number of nitrogens with one attached hydrogen (secondary N) is 1. The summed E-state index contributed by atoms with van der Waals surface area (Å²) in [5.41, 5.74) is 3.19. The van der Waals surface area contributed by atoms with Gasteiger partial charge in [-0.05, 0) is 31.2 Å². The van der Waals surface area contributed by atoms with E-state index in [2.05, 4.69) is 20.4 Å². The molecule has 1 amide bonds. The van der Waals surface area contributed by atoms with Crippen molar-refractivity contribution in [3.05, 3.63) is 35.4 Å². The number of amides is 1. The molecule has 2 aromatic rings. The van der Waals surface area contributed by atoms with Gasteiger partial charge in [-0.3, -0.25) is 9.48 Å². The van der Waals surface area contributed by atoms with E-state index in [1.165, 1.54) is 0 Å². The maximum absolute atomic E-state index is 12.3. The Bertz CT molecular complexity index is 724. The summed E-state index contributed by atoms with van der Waals surface area (Å²) in [6.07, 6.45) is 9.70. The molecule has 0 radical (unpaired) electrons. The van der Waals surface area contributed by atoms with Crippen LogP contribution in [0, 0.1) is 0 Å². The van der Waals surface area contributed by atoms with E-state index < -0.39 is 0 Å². The van der Waals surface area contributed by atoms with Crippen LogP contribution in [0.2, 0.25) is 0 Å². The molecule has 0 spiro atoms. The van der Waals surface area contributed by atoms with Gasteiger partial charge in [-0.15, -0.1) is 0 Å². The van der Waals surface area contributed by atoms with Crippen LogP contribution in [-0.4, -0.2) is 39.8 Å². The van der Waals surface area contributed by atoms with Gasteiger partial charge in [0.25, 0.3) is 0 Å². The van der Waals surface area contributed by atoms with E-state index >= 15 is 0 Å². The molecule has 2 heterocycles. The fourth-order valence-corrected chi connectivity index (χ4v) is 3.03. The van der Waals surface area contributed by atoms with Gasteiger partial charge in [-0.25, -0.2) is 9.97 Å². The summed E-state index contributed by atoms with van der Waals surface area (Å²) in [6.45, 7) is 0. The van der Waals surface area contributed by atoms with E-state index in [-0.39, 0.29) is 11.9 Å². The smallest absolute Gasteiger partial charge is 0.225 e. The molecule has 0 aliphatic heterocycles. The molecule has 0 fully saturated rings. The van der Waals surface area contributed by atoms with E-state index in [1.54, 1.807) is 10.9 Å². The fourth-order valence-electron chi connectivity index (χ4n) is 3.03. The molecule has 24 heavy (non-hydrogen) atoms. The van der Waals surface area contributed by atoms with Crippen molar-refractivity contribution in [1.82, 2.24) is 25.1 Å². The highest BCUT2D eigenvalue weighted by atomic mass is 16.1. The van der Waals surface area contributed by atoms with Crippen LogP contribution >= 0.6 is 0 Å². The molecule has 1 unspecified atom stereocenters. The minimum atomic E-state index is 0.0198. The van der Waals surface area contributed by atoms with Crippen LogP contribution in [0.15, 0.2) is 18.6 Å². The van der Waals surface area contributed by atoms with Crippen molar-refractivity contribution in [1.29, 1.82) is 0 Å². The maximum atomic E-state index is 12.3. The summed E-state index contributed by atoms with van der Waals surface area (Å²) in [5, 5.41) is 7.27. The van der Waals surface area contributed by atoms with Crippen molar-refractivity contribution in [3.8, 4) is 0 Å². The zero-order valence-electron chi connectivity index (χ0n) is 14.5. The van der Waals surface area contributed by atoms with Crippen molar-refractivity contribution < 1.29 is 4.79 Å². The normalized spacial score (nSPS) is 16.5. The lowest BCUT2D eigenvalue weighted by atomic mass is 9.92. The molecule has 0 saturated heterocycles. The minimum absolute atomic E-state index is 0.0198. The highest BCUT2D eigenvalue weighted by molar-refractivity contribution is 5.76. The zero-order chi connectivity index (χ0) is 17.1. The van der Waals surface area contributed by atoms with Crippen LogP contribution in [-0.2, 0) is 24.7 Å². The number of aromatic nitrogens is 4. The fraction of sp³-hybridized carbons (Fsp3) is 0.529. The SMILES string of the molecule is CN(C)c1ncc2c(n1)CCCC2NC(=O)CCc1cnn(C)c1. The lowest BCUT2D eigenvalue weighted by molar-refractivity contribution is -0.121. The summed E-state index contributed by atoms with van der Waals surface area (Å²) in [6, 6.07) is 0.0198. The molecule has 0 saturated carbocycles. The Labute approximate surface area is 142 Å². The van der Waals surface area contributed by atoms with E-state index in [0.717, 1.165) is 42.0 Å². The standard InChI is InChI=1S/C17H24N6O/c1-22(2)17-18-10-13-14(5-4-6-15(13)21-17)20-16(24)8-7-12-9-19-23(3)11-12/h9-11,14H,4-8H2,1-3H3,(H,20,24). The van der Waals surface area contributed by atoms with Gasteiger partial charge in [0.15, 0.2) is 0 Å². The largest absolute Gasteiger partial charge is 0.349 e. The second kappa shape index (κ2) is 6.98. The maximum Gasteiger partial charge on any atom is 0.225 e. The van der Waals surface area contributed by atoms with Gasteiger partial charge in [0, 0.05) is 45.5 Å². The Balaban J connectivity index is 1.63. The van der Waals surface area contributed by atoms with E-state index in [0.29, 0.717) is 12.8 Å². The van der Waals surface area contributed by atoms with Gasteiger partial charge in [0.05, 0.1) is 17.9 Å². The third kappa shape index (κ3) is 3.72.